The molecule has 2 aromatic rings. The van der Waals surface area contributed by atoms with Gasteiger partial charge in [0, 0.05) is 25.2 Å². The first kappa shape index (κ1) is 9.32. The summed E-state index contributed by atoms with van der Waals surface area (Å²) in [7, 11) is 1.74. The second kappa shape index (κ2) is 3.87. The first-order valence-corrected chi connectivity index (χ1v) is 4.36. The summed E-state index contributed by atoms with van der Waals surface area (Å²) >= 11 is 0. The predicted octanol–water partition coefficient (Wildman–Crippen LogP) is 1.34. The van der Waals surface area contributed by atoms with Crippen LogP contribution >= 0.6 is 0 Å². The van der Waals surface area contributed by atoms with E-state index in [9.17, 15) is 4.79 Å². The van der Waals surface area contributed by atoms with Crippen LogP contribution in [0.5, 0.6) is 0 Å². The average Bonchev–Trinajstić information content (AvgIpc) is 2.89. The van der Waals surface area contributed by atoms with Crippen LogP contribution in [0.4, 0.5) is 17.6 Å². The number of nitrogens with zero attached hydrogens (tertiary/aromatic N) is 2. The molecule has 1 amide bonds. The third kappa shape index (κ3) is 1.69. The van der Waals surface area contributed by atoms with Gasteiger partial charge < -0.3 is 9.73 Å². The number of H-pyrrole nitrogens is 1. The molecule has 0 aliphatic carbocycles. The number of carbonyl (C=O) groups is 1. The largest absolute Gasteiger partial charge is 0.424 e. The lowest BCUT2D eigenvalue weighted by Gasteiger charge is -2.10. The number of hydrogen-bond donors (Lipinski definition) is 2. The second-order valence-corrected chi connectivity index (χ2v) is 2.81. The Kier molecular flexibility index (Phi) is 2.40. The summed E-state index contributed by atoms with van der Waals surface area (Å²) in [5, 5.41) is 9.28. The molecule has 0 bridgehead atoms. The molecule has 0 radical (unpaired) electrons. The van der Waals surface area contributed by atoms with Crippen molar-refractivity contribution < 1.29 is 9.21 Å². The van der Waals surface area contributed by atoms with Gasteiger partial charge in [-0.2, -0.15) is 5.10 Å². The Labute approximate surface area is 85.9 Å². The summed E-state index contributed by atoms with van der Waals surface area (Å²) < 4.78 is 5.35. The molecule has 0 aromatic carbocycles. The van der Waals surface area contributed by atoms with Gasteiger partial charge in [0.1, 0.15) is 5.82 Å². The predicted molar refractivity (Wildman–Crippen MR) is 55.0 cm³/mol. The van der Waals surface area contributed by atoms with E-state index in [1.54, 1.807) is 31.4 Å². The summed E-state index contributed by atoms with van der Waals surface area (Å²) in [6, 6.07) is 5.11. The monoisotopic (exact) mass is 206 g/mol. The molecule has 2 aromatic heterocycles. The van der Waals surface area contributed by atoms with E-state index in [-0.39, 0.29) is 0 Å². The minimum atomic E-state index is 0.429. The highest BCUT2D eigenvalue weighted by molar-refractivity contribution is 5.82. The van der Waals surface area contributed by atoms with Gasteiger partial charge in [-0.15, -0.1) is 0 Å². The van der Waals surface area contributed by atoms with Crippen molar-refractivity contribution in [2.24, 2.45) is 0 Å². The SMILES string of the molecule is CNc1ccc(N(C=O)c2ccn[nH]2)o1. The molecule has 0 unspecified atom stereocenters. The maximum Gasteiger partial charge on any atom is 0.222 e. The van der Waals surface area contributed by atoms with Crippen molar-refractivity contribution in [2.45, 2.75) is 0 Å². The minimum Gasteiger partial charge on any atom is -0.424 e. The Hall–Kier alpha value is -2.24. The maximum atomic E-state index is 10.9. The Morgan fingerprint density at radius 2 is 2.40 bits per heavy atom. The van der Waals surface area contributed by atoms with Crippen molar-refractivity contribution in [3.63, 3.8) is 0 Å². The quantitative estimate of drug-likeness (QED) is 0.740. The van der Waals surface area contributed by atoms with Gasteiger partial charge in [-0.25, -0.2) is 4.90 Å². The van der Waals surface area contributed by atoms with Crippen LogP contribution in [0.2, 0.25) is 0 Å². The summed E-state index contributed by atoms with van der Waals surface area (Å²) in [6.07, 6.45) is 2.22. The number of furan rings is 1. The number of carbonyl (C=O) groups excluding carboxylic acids is 1. The van der Waals surface area contributed by atoms with Gasteiger partial charge in [0.05, 0.1) is 6.20 Å². The molecular formula is C9H10N4O2. The molecule has 0 saturated heterocycles. The lowest BCUT2D eigenvalue weighted by molar-refractivity contribution is -0.107. The third-order valence-electron chi connectivity index (χ3n) is 1.93. The van der Waals surface area contributed by atoms with Gasteiger partial charge in [-0.3, -0.25) is 9.89 Å². The molecule has 0 atom stereocenters. The van der Waals surface area contributed by atoms with E-state index in [0.717, 1.165) is 0 Å². The fourth-order valence-electron chi connectivity index (χ4n) is 1.20. The van der Waals surface area contributed by atoms with Crippen LogP contribution < -0.4 is 10.2 Å². The Morgan fingerprint density at radius 1 is 1.53 bits per heavy atom. The molecule has 0 fully saturated rings. The summed E-state index contributed by atoms with van der Waals surface area (Å²) in [6.45, 7) is 0. The van der Waals surface area contributed by atoms with Crippen LogP contribution in [0.1, 0.15) is 0 Å². The summed E-state index contributed by atoms with van der Waals surface area (Å²) in [5.74, 6) is 1.58. The second-order valence-electron chi connectivity index (χ2n) is 2.81. The van der Waals surface area contributed by atoms with Crippen molar-refractivity contribution in [1.82, 2.24) is 10.2 Å². The van der Waals surface area contributed by atoms with Crippen LogP contribution in [0.15, 0.2) is 28.8 Å². The Morgan fingerprint density at radius 3 is 2.93 bits per heavy atom. The highest BCUT2D eigenvalue weighted by Gasteiger charge is 2.13. The third-order valence-corrected chi connectivity index (χ3v) is 1.93. The van der Waals surface area contributed by atoms with Gasteiger partial charge in [0.15, 0.2) is 5.88 Å². The molecule has 6 heteroatoms. The molecule has 6 nitrogen and oxygen atoms in total. The molecule has 78 valence electrons. The van der Waals surface area contributed by atoms with Gasteiger partial charge in [0.2, 0.25) is 12.3 Å². The topological polar surface area (TPSA) is 74.2 Å². The average molecular weight is 206 g/mol. The van der Waals surface area contributed by atoms with E-state index in [1.165, 1.54) is 4.90 Å². The zero-order chi connectivity index (χ0) is 10.7. The molecule has 2 heterocycles. The van der Waals surface area contributed by atoms with E-state index in [1.807, 2.05) is 0 Å². The van der Waals surface area contributed by atoms with Crippen LogP contribution in [-0.2, 0) is 4.79 Å². The van der Waals surface area contributed by atoms with Crippen molar-refractivity contribution >= 4 is 24.0 Å². The van der Waals surface area contributed by atoms with E-state index < -0.39 is 0 Å². The molecule has 2 rings (SSSR count). The smallest absolute Gasteiger partial charge is 0.222 e. The fraction of sp³-hybridized carbons (Fsp3) is 0.111. The normalized spacial score (nSPS) is 9.93. The van der Waals surface area contributed by atoms with Crippen LogP contribution in [-0.4, -0.2) is 23.7 Å². The Bertz CT molecular complexity index is 435. The summed E-state index contributed by atoms with van der Waals surface area (Å²) in [4.78, 5) is 12.2. The van der Waals surface area contributed by atoms with E-state index in [4.69, 9.17) is 4.42 Å². The number of amides is 1. The van der Waals surface area contributed by atoms with Gasteiger partial charge in [-0.1, -0.05) is 0 Å². The van der Waals surface area contributed by atoms with Crippen LogP contribution in [0.25, 0.3) is 0 Å². The molecular weight excluding hydrogens is 196 g/mol. The molecule has 0 aliphatic rings. The number of rotatable bonds is 4. The van der Waals surface area contributed by atoms with Gasteiger partial charge in [-0.05, 0) is 0 Å². The lowest BCUT2D eigenvalue weighted by atomic mass is 10.5. The standard InChI is InChI=1S/C9H10N4O2/c1-10-8-2-3-9(15-8)13(6-14)7-4-5-11-12-7/h2-6,10H,1H3,(H,11,12). The molecule has 2 N–H and O–H groups in total. The maximum absolute atomic E-state index is 10.9. The first-order chi connectivity index (χ1) is 7.35. The number of hydrogen-bond acceptors (Lipinski definition) is 4. The van der Waals surface area contributed by atoms with Crippen molar-refractivity contribution in [3.05, 3.63) is 24.4 Å². The fourth-order valence-corrected chi connectivity index (χ4v) is 1.20. The molecule has 0 aliphatic heterocycles. The van der Waals surface area contributed by atoms with Crippen LogP contribution in [0.3, 0.4) is 0 Å². The van der Waals surface area contributed by atoms with Crippen LogP contribution in [0, 0.1) is 0 Å². The number of anilines is 3. The van der Waals surface area contributed by atoms with E-state index >= 15 is 0 Å². The number of aromatic amines is 1. The Balaban J connectivity index is 2.31. The zero-order valence-corrected chi connectivity index (χ0v) is 8.10. The van der Waals surface area contributed by atoms with Crippen molar-refractivity contribution in [2.75, 3.05) is 17.3 Å². The lowest BCUT2D eigenvalue weighted by Crippen LogP contribution is -2.13. The first-order valence-electron chi connectivity index (χ1n) is 4.36. The van der Waals surface area contributed by atoms with Gasteiger partial charge in [0.25, 0.3) is 0 Å². The molecule has 0 spiro atoms. The zero-order valence-electron chi connectivity index (χ0n) is 8.10. The minimum absolute atomic E-state index is 0.429. The van der Waals surface area contributed by atoms with Crippen molar-refractivity contribution in [1.29, 1.82) is 0 Å². The number of nitrogens with one attached hydrogen (secondary N) is 2. The van der Waals surface area contributed by atoms with Gasteiger partial charge >= 0.3 is 0 Å². The molecule has 0 saturated carbocycles. The highest BCUT2D eigenvalue weighted by atomic mass is 16.4. The molecule has 15 heavy (non-hydrogen) atoms. The van der Waals surface area contributed by atoms with Crippen molar-refractivity contribution in [3.8, 4) is 0 Å². The van der Waals surface area contributed by atoms with E-state index in [0.29, 0.717) is 24.0 Å². The number of aromatic nitrogens is 2. The summed E-state index contributed by atoms with van der Waals surface area (Å²) in [5.41, 5.74) is 0. The highest BCUT2D eigenvalue weighted by Crippen LogP contribution is 2.25. The van der Waals surface area contributed by atoms with E-state index in [2.05, 4.69) is 15.5 Å².